The van der Waals surface area contributed by atoms with Gasteiger partial charge in [0.2, 0.25) is 0 Å². The third kappa shape index (κ3) is 3.70. The minimum absolute atomic E-state index is 0.0482. The Bertz CT molecular complexity index is 297. The van der Waals surface area contributed by atoms with E-state index in [-0.39, 0.29) is 12.4 Å². The maximum atomic E-state index is 10.6. The third-order valence-corrected chi connectivity index (χ3v) is 2.29. The lowest BCUT2D eigenvalue weighted by Crippen LogP contribution is -2.03. The van der Waals surface area contributed by atoms with Gasteiger partial charge in [0.05, 0.1) is 6.61 Å². The fourth-order valence-electron chi connectivity index (χ4n) is 0.920. The molecule has 0 radical (unpaired) electrons. The minimum atomic E-state index is 0.0482. The second-order valence-electron chi connectivity index (χ2n) is 2.79. The summed E-state index contributed by atoms with van der Waals surface area (Å²) in [5.41, 5.74) is 1.06. The number of hydrogen-bond donors (Lipinski definition) is 0. The molecule has 1 aromatic rings. The number of rotatable bonds is 4. The van der Waals surface area contributed by atoms with Crippen LogP contribution in [0.5, 0.6) is 0 Å². The van der Waals surface area contributed by atoms with Crippen molar-refractivity contribution in [1.82, 2.24) is 0 Å². The molecule has 1 rings (SSSR count). The minimum Gasteiger partial charge on any atom is -0.369 e. The van der Waals surface area contributed by atoms with Gasteiger partial charge >= 0.3 is 0 Å². The zero-order chi connectivity index (χ0) is 9.68. The van der Waals surface area contributed by atoms with E-state index >= 15 is 0 Å². The average molecular weight is 243 g/mol. The van der Waals surface area contributed by atoms with Crippen molar-refractivity contribution < 1.29 is 9.53 Å². The van der Waals surface area contributed by atoms with Crippen molar-refractivity contribution >= 4 is 21.7 Å². The Labute approximate surface area is 86.0 Å². The van der Waals surface area contributed by atoms with E-state index in [1.165, 1.54) is 6.92 Å². The maximum Gasteiger partial charge on any atom is 0.155 e. The summed E-state index contributed by atoms with van der Waals surface area (Å²) < 4.78 is 6.19. The van der Waals surface area contributed by atoms with Crippen LogP contribution in [0.4, 0.5) is 0 Å². The molecule has 2 nitrogen and oxygen atoms in total. The number of carbonyl (C=O) groups excluding carboxylic acids is 1. The molecule has 0 fully saturated rings. The predicted molar refractivity (Wildman–Crippen MR) is 54.5 cm³/mol. The van der Waals surface area contributed by atoms with Crippen LogP contribution >= 0.6 is 15.9 Å². The molecule has 0 aliphatic carbocycles. The first-order valence-electron chi connectivity index (χ1n) is 4.00. The Morgan fingerprint density at radius 2 is 2.15 bits per heavy atom. The summed E-state index contributed by atoms with van der Waals surface area (Å²) in [6, 6.07) is 7.80. The molecule has 0 unspecified atom stereocenters. The van der Waals surface area contributed by atoms with E-state index < -0.39 is 0 Å². The summed E-state index contributed by atoms with van der Waals surface area (Å²) >= 11 is 3.40. The monoisotopic (exact) mass is 242 g/mol. The number of carbonyl (C=O) groups is 1. The fraction of sp³-hybridized carbons (Fsp3) is 0.300. The highest BCUT2D eigenvalue weighted by Gasteiger charge is 1.99. The van der Waals surface area contributed by atoms with E-state index in [1.807, 2.05) is 24.3 Å². The molecule has 0 atom stereocenters. The van der Waals surface area contributed by atoms with Gasteiger partial charge in [-0.2, -0.15) is 0 Å². The highest BCUT2D eigenvalue weighted by Crippen LogP contribution is 2.16. The zero-order valence-electron chi connectivity index (χ0n) is 7.42. The molecule has 0 spiro atoms. The van der Waals surface area contributed by atoms with E-state index in [9.17, 15) is 4.79 Å². The van der Waals surface area contributed by atoms with E-state index in [1.54, 1.807) is 0 Å². The lowest BCUT2D eigenvalue weighted by molar-refractivity contribution is -0.121. The second kappa shape index (κ2) is 5.14. The number of Topliss-reactive ketones (excluding diaryl/α,β-unsaturated/α-hetero) is 1. The first-order valence-corrected chi connectivity index (χ1v) is 4.80. The molecule has 0 bridgehead atoms. The van der Waals surface area contributed by atoms with E-state index in [0.29, 0.717) is 6.61 Å². The number of ketones is 1. The number of hydrogen-bond acceptors (Lipinski definition) is 2. The largest absolute Gasteiger partial charge is 0.369 e. The van der Waals surface area contributed by atoms with E-state index in [4.69, 9.17) is 4.74 Å². The Morgan fingerprint density at radius 3 is 2.77 bits per heavy atom. The molecule has 0 heterocycles. The zero-order valence-corrected chi connectivity index (χ0v) is 9.00. The number of ether oxygens (including phenoxy) is 1. The highest BCUT2D eigenvalue weighted by atomic mass is 79.9. The van der Waals surface area contributed by atoms with Crippen LogP contribution in [0.15, 0.2) is 28.7 Å². The van der Waals surface area contributed by atoms with Gasteiger partial charge in [0.25, 0.3) is 0 Å². The Balaban J connectivity index is 2.45. The summed E-state index contributed by atoms with van der Waals surface area (Å²) in [6.45, 7) is 2.17. The van der Waals surface area contributed by atoms with Crippen LogP contribution in [-0.2, 0) is 16.1 Å². The molecular formula is C10H11BrO2. The molecule has 0 amide bonds. The molecule has 0 N–H and O–H groups in total. The van der Waals surface area contributed by atoms with Crippen molar-refractivity contribution in [2.24, 2.45) is 0 Å². The fourth-order valence-corrected chi connectivity index (χ4v) is 1.32. The average Bonchev–Trinajstić information content (AvgIpc) is 2.08. The molecule has 0 saturated heterocycles. The molecule has 13 heavy (non-hydrogen) atoms. The quantitative estimate of drug-likeness (QED) is 0.812. The molecule has 0 aromatic heterocycles. The van der Waals surface area contributed by atoms with Crippen molar-refractivity contribution in [1.29, 1.82) is 0 Å². The normalized spacial score (nSPS) is 10.0. The topological polar surface area (TPSA) is 26.3 Å². The smallest absolute Gasteiger partial charge is 0.155 e. The summed E-state index contributed by atoms with van der Waals surface area (Å²) in [5, 5.41) is 0. The van der Waals surface area contributed by atoms with Gasteiger partial charge in [-0.25, -0.2) is 0 Å². The van der Waals surface area contributed by atoms with Gasteiger partial charge in [-0.15, -0.1) is 0 Å². The van der Waals surface area contributed by atoms with Gasteiger partial charge < -0.3 is 4.74 Å². The Kier molecular flexibility index (Phi) is 4.12. The molecular weight excluding hydrogens is 232 g/mol. The maximum absolute atomic E-state index is 10.6. The van der Waals surface area contributed by atoms with Crippen LogP contribution in [0.25, 0.3) is 0 Å². The SMILES string of the molecule is CC(=O)COCc1ccccc1Br. The van der Waals surface area contributed by atoms with Crippen LogP contribution in [-0.4, -0.2) is 12.4 Å². The van der Waals surface area contributed by atoms with Crippen molar-refractivity contribution in [3.8, 4) is 0 Å². The molecule has 0 saturated carbocycles. The van der Waals surface area contributed by atoms with Crippen molar-refractivity contribution in [2.45, 2.75) is 13.5 Å². The Hall–Kier alpha value is -0.670. The summed E-state index contributed by atoms with van der Waals surface area (Å²) in [4.78, 5) is 10.6. The van der Waals surface area contributed by atoms with Crippen LogP contribution in [0.3, 0.4) is 0 Å². The van der Waals surface area contributed by atoms with Gasteiger partial charge in [-0.05, 0) is 18.6 Å². The van der Waals surface area contributed by atoms with E-state index in [0.717, 1.165) is 10.0 Å². The molecule has 1 aromatic carbocycles. The highest BCUT2D eigenvalue weighted by molar-refractivity contribution is 9.10. The summed E-state index contributed by atoms with van der Waals surface area (Å²) in [5.74, 6) is 0.0482. The standard InChI is InChI=1S/C10H11BrO2/c1-8(12)6-13-7-9-4-2-3-5-10(9)11/h2-5H,6-7H2,1H3. The van der Waals surface area contributed by atoms with Crippen molar-refractivity contribution in [3.63, 3.8) is 0 Å². The van der Waals surface area contributed by atoms with Gasteiger partial charge in [-0.3, -0.25) is 4.79 Å². The van der Waals surface area contributed by atoms with Gasteiger partial charge in [0, 0.05) is 4.47 Å². The number of benzene rings is 1. The number of halogens is 1. The first kappa shape index (κ1) is 10.4. The van der Waals surface area contributed by atoms with Crippen molar-refractivity contribution in [3.05, 3.63) is 34.3 Å². The van der Waals surface area contributed by atoms with Crippen LogP contribution in [0.1, 0.15) is 12.5 Å². The van der Waals surface area contributed by atoms with Crippen LogP contribution in [0, 0.1) is 0 Å². The van der Waals surface area contributed by atoms with Gasteiger partial charge in [0.15, 0.2) is 5.78 Å². The summed E-state index contributed by atoms with van der Waals surface area (Å²) in [7, 11) is 0. The molecule has 70 valence electrons. The molecule has 0 aliphatic rings. The third-order valence-electron chi connectivity index (χ3n) is 1.52. The first-order chi connectivity index (χ1) is 6.20. The van der Waals surface area contributed by atoms with Gasteiger partial charge in [0.1, 0.15) is 6.61 Å². The molecule has 3 heteroatoms. The summed E-state index contributed by atoms with van der Waals surface area (Å²) in [6.07, 6.45) is 0. The van der Waals surface area contributed by atoms with Crippen LogP contribution < -0.4 is 0 Å². The van der Waals surface area contributed by atoms with E-state index in [2.05, 4.69) is 15.9 Å². The lowest BCUT2D eigenvalue weighted by atomic mass is 10.2. The second-order valence-corrected chi connectivity index (χ2v) is 3.64. The molecule has 0 aliphatic heterocycles. The lowest BCUT2D eigenvalue weighted by Gasteiger charge is -2.03. The van der Waals surface area contributed by atoms with Gasteiger partial charge in [-0.1, -0.05) is 34.1 Å². The Morgan fingerprint density at radius 1 is 1.46 bits per heavy atom. The van der Waals surface area contributed by atoms with Crippen molar-refractivity contribution in [2.75, 3.05) is 6.61 Å². The van der Waals surface area contributed by atoms with Crippen LogP contribution in [0.2, 0.25) is 0 Å². The predicted octanol–water partition coefficient (Wildman–Crippen LogP) is 2.55.